The van der Waals surface area contributed by atoms with E-state index in [1.165, 1.54) is 5.56 Å². The number of anilines is 1. The number of aliphatic imine (C=N–C) groups is 1. The molecule has 0 saturated heterocycles. The average Bonchev–Trinajstić information content (AvgIpc) is 3.26. The predicted molar refractivity (Wildman–Crippen MR) is 129 cm³/mol. The van der Waals surface area contributed by atoms with E-state index in [-0.39, 0.29) is 24.0 Å². The second-order valence-electron chi connectivity index (χ2n) is 6.60. The molecule has 0 radical (unpaired) electrons. The van der Waals surface area contributed by atoms with Crippen molar-refractivity contribution in [1.82, 2.24) is 25.4 Å². The molecule has 0 aliphatic rings. The topological polar surface area (TPSA) is 70.4 Å². The summed E-state index contributed by atoms with van der Waals surface area (Å²) < 4.78 is 1.86. The Morgan fingerprint density at radius 1 is 1.07 bits per heavy atom. The van der Waals surface area contributed by atoms with Crippen LogP contribution in [0, 0.1) is 0 Å². The van der Waals surface area contributed by atoms with Crippen LogP contribution in [0.2, 0.25) is 0 Å². The molecule has 3 rings (SSSR count). The smallest absolute Gasteiger partial charge is 0.191 e. The van der Waals surface area contributed by atoms with Crippen LogP contribution in [0.1, 0.15) is 11.1 Å². The Hall–Kier alpha value is -2.62. The van der Waals surface area contributed by atoms with Gasteiger partial charge in [0.15, 0.2) is 5.96 Å². The van der Waals surface area contributed by atoms with Crippen molar-refractivity contribution in [2.24, 2.45) is 4.99 Å². The van der Waals surface area contributed by atoms with Gasteiger partial charge >= 0.3 is 0 Å². The van der Waals surface area contributed by atoms with Gasteiger partial charge in [-0.3, -0.25) is 4.99 Å². The fourth-order valence-electron chi connectivity index (χ4n) is 2.93. The van der Waals surface area contributed by atoms with Gasteiger partial charge in [-0.25, -0.2) is 9.67 Å². The van der Waals surface area contributed by atoms with Crippen molar-refractivity contribution in [1.29, 1.82) is 0 Å². The molecular weight excluding hydrogens is 477 g/mol. The zero-order chi connectivity index (χ0) is 19.8. The van der Waals surface area contributed by atoms with E-state index in [1.54, 1.807) is 13.2 Å². The molecule has 0 amide bonds. The summed E-state index contributed by atoms with van der Waals surface area (Å²) >= 11 is 0. The van der Waals surface area contributed by atoms with Gasteiger partial charge in [0.1, 0.15) is 5.82 Å². The number of aromatic nitrogens is 3. The number of halogens is 1. The lowest BCUT2D eigenvalue weighted by atomic mass is 10.1. The van der Waals surface area contributed by atoms with Crippen LogP contribution in [0.15, 0.2) is 66.0 Å². The van der Waals surface area contributed by atoms with Crippen LogP contribution in [0.25, 0.3) is 5.69 Å². The first-order valence-corrected chi connectivity index (χ1v) is 9.32. The summed E-state index contributed by atoms with van der Waals surface area (Å²) in [7, 11) is 5.78. The summed E-state index contributed by atoms with van der Waals surface area (Å²) in [6, 6.07) is 14.4. The molecule has 29 heavy (non-hydrogen) atoms. The van der Waals surface area contributed by atoms with Gasteiger partial charge in [-0.2, -0.15) is 5.10 Å². The molecule has 2 N–H and O–H groups in total. The lowest BCUT2D eigenvalue weighted by Crippen LogP contribution is -2.38. The molecule has 0 fully saturated rings. The number of nitrogens with one attached hydrogen (secondary N) is 2. The maximum absolute atomic E-state index is 4.43. The van der Waals surface area contributed by atoms with Crippen LogP contribution in [0.4, 0.5) is 5.82 Å². The van der Waals surface area contributed by atoms with E-state index in [0.29, 0.717) is 6.54 Å². The second kappa shape index (κ2) is 11.4. The van der Waals surface area contributed by atoms with Crippen molar-refractivity contribution < 1.29 is 0 Å². The monoisotopic (exact) mass is 505 g/mol. The summed E-state index contributed by atoms with van der Waals surface area (Å²) in [4.78, 5) is 10.7. The molecule has 0 unspecified atom stereocenters. The summed E-state index contributed by atoms with van der Waals surface area (Å²) in [5.41, 5.74) is 3.46. The number of guanidine groups is 1. The van der Waals surface area contributed by atoms with E-state index in [9.17, 15) is 0 Å². The van der Waals surface area contributed by atoms with Crippen molar-refractivity contribution in [3.63, 3.8) is 0 Å². The third-order valence-corrected chi connectivity index (χ3v) is 4.37. The lowest BCUT2D eigenvalue weighted by Gasteiger charge is -2.17. The molecule has 0 aliphatic heterocycles. The first-order valence-electron chi connectivity index (χ1n) is 9.32. The fourth-order valence-corrected chi connectivity index (χ4v) is 2.93. The van der Waals surface area contributed by atoms with E-state index in [2.05, 4.69) is 56.0 Å². The standard InChI is InChI=1S/C21H27N7.HI/c1-22-21(25-16-18-6-4-12-23-20(18)27(2)3)24-14-11-17-7-9-19(10-8-17)28-15-5-13-26-28;/h4-10,12-13,15H,11,14,16H2,1-3H3,(H2,22,24,25);1H. The van der Waals surface area contributed by atoms with Gasteiger partial charge in [0.2, 0.25) is 0 Å². The number of hydrogen-bond donors (Lipinski definition) is 2. The Morgan fingerprint density at radius 3 is 2.52 bits per heavy atom. The highest BCUT2D eigenvalue weighted by Crippen LogP contribution is 2.13. The van der Waals surface area contributed by atoms with Crippen LogP contribution >= 0.6 is 24.0 Å². The Morgan fingerprint density at radius 2 is 1.86 bits per heavy atom. The minimum Gasteiger partial charge on any atom is -0.362 e. The van der Waals surface area contributed by atoms with Crippen molar-refractivity contribution >= 4 is 35.8 Å². The number of rotatable bonds is 7. The first kappa shape index (κ1) is 22.7. The van der Waals surface area contributed by atoms with Crippen molar-refractivity contribution in [3.05, 3.63) is 72.2 Å². The maximum atomic E-state index is 4.43. The van der Waals surface area contributed by atoms with Gasteiger partial charge in [0, 0.05) is 58.4 Å². The number of pyridine rings is 1. The highest BCUT2D eigenvalue weighted by Gasteiger charge is 2.06. The zero-order valence-corrected chi connectivity index (χ0v) is 19.4. The molecule has 0 aliphatic carbocycles. The number of hydrogen-bond acceptors (Lipinski definition) is 4. The third kappa shape index (κ3) is 6.45. The summed E-state index contributed by atoms with van der Waals surface area (Å²) in [5, 5.41) is 11.0. The van der Waals surface area contributed by atoms with Crippen LogP contribution in [-0.4, -0.2) is 48.4 Å². The Kier molecular flexibility index (Phi) is 8.91. The van der Waals surface area contributed by atoms with Gasteiger partial charge in [-0.15, -0.1) is 24.0 Å². The molecule has 0 bridgehead atoms. The molecule has 7 nitrogen and oxygen atoms in total. The molecule has 0 saturated carbocycles. The predicted octanol–water partition coefficient (Wildman–Crippen LogP) is 2.86. The summed E-state index contributed by atoms with van der Waals surface area (Å²) in [6.45, 7) is 1.47. The Balaban J connectivity index is 0.00000300. The normalized spacial score (nSPS) is 10.9. The van der Waals surface area contributed by atoms with Crippen LogP contribution < -0.4 is 15.5 Å². The number of nitrogens with zero attached hydrogens (tertiary/aromatic N) is 5. The van der Waals surface area contributed by atoms with E-state index in [4.69, 9.17) is 0 Å². The highest BCUT2D eigenvalue weighted by atomic mass is 127. The lowest BCUT2D eigenvalue weighted by molar-refractivity contribution is 0.790. The van der Waals surface area contributed by atoms with Crippen molar-refractivity contribution in [2.45, 2.75) is 13.0 Å². The molecule has 8 heteroatoms. The molecule has 2 heterocycles. The Labute approximate surface area is 189 Å². The van der Waals surface area contributed by atoms with Crippen molar-refractivity contribution in [2.75, 3.05) is 32.6 Å². The molecule has 154 valence electrons. The molecular formula is C21H28IN7. The summed E-state index contributed by atoms with van der Waals surface area (Å²) in [5.74, 6) is 1.74. The molecule has 3 aromatic rings. The fraction of sp³-hybridized carbons (Fsp3) is 0.286. The van der Waals surface area contributed by atoms with E-state index in [0.717, 1.165) is 36.0 Å². The first-order chi connectivity index (χ1) is 13.7. The molecule has 0 spiro atoms. The summed E-state index contributed by atoms with van der Waals surface area (Å²) in [6.07, 6.45) is 6.44. The minimum atomic E-state index is 0. The van der Waals surface area contributed by atoms with Crippen LogP contribution in [-0.2, 0) is 13.0 Å². The minimum absolute atomic E-state index is 0. The van der Waals surface area contributed by atoms with E-state index >= 15 is 0 Å². The van der Waals surface area contributed by atoms with E-state index in [1.807, 2.05) is 48.2 Å². The van der Waals surface area contributed by atoms with Gasteiger partial charge in [-0.05, 0) is 36.2 Å². The van der Waals surface area contributed by atoms with Gasteiger partial charge < -0.3 is 15.5 Å². The Bertz CT molecular complexity index is 890. The van der Waals surface area contributed by atoms with Gasteiger partial charge in [0.05, 0.1) is 5.69 Å². The average molecular weight is 505 g/mol. The van der Waals surface area contributed by atoms with Crippen molar-refractivity contribution in [3.8, 4) is 5.69 Å². The molecule has 2 aromatic heterocycles. The highest BCUT2D eigenvalue weighted by molar-refractivity contribution is 14.0. The van der Waals surface area contributed by atoms with Gasteiger partial charge in [0.25, 0.3) is 0 Å². The number of benzene rings is 1. The van der Waals surface area contributed by atoms with Crippen LogP contribution in [0.5, 0.6) is 0 Å². The molecule has 1 aromatic carbocycles. The third-order valence-electron chi connectivity index (χ3n) is 4.37. The zero-order valence-electron chi connectivity index (χ0n) is 17.0. The second-order valence-corrected chi connectivity index (χ2v) is 6.60. The quantitative estimate of drug-likeness (QED) is 0.294. The van der Waals surface area contributed by atoms with Crippen LogP contribution in [0.3, 0.4) is 0 Å². The SMILES string of the molecule is CN=C(NCCc1ccc(-n2cccn2)cc1)NCc1cccnc1N(C)C.I. The molecule has 0 atom stereocenters. The van der Waals surface area contributed by atoms with E-state index < -0.39 is 0 Å². The largest absolute Gasteiger partial charge is 0.362 e. The van der Waals surface area contributed by atoms with Gasteiger partial charge in [-0.1, -0.05) is 18.2 Å². The maximum Gasteiger partial charge on any atom is 0.191 e.